The lowest BCUT2D eigenvalue weighted by molar-refractivity contribution is -0.121. The zero-order valence-corrected chi connectivity index (χ0v) is 13.0. The van der Waals surface area contributed by atoms with Gasteiger partial charge in [-0.25, -0.2) is 0 Å². The zero-order valence-electron chi connectivity index (χ0n) is 11.4. The average molecular weight is 306 g/mol. The van der Waals surface area contributed by atoms with E-state index in [0.29, 0.717) is 11.2 Å². The fourth-order valence-electron chi connectivity index (χ4n) is 1.74. The molecule has 0 aromatic carbocycles. The molecule has 0 bridgehead atoms. The van der Waals surface area contributed by atoms with Crippen LogP contribution in [0.1, 0.15) is 71.6 Å². The van der Waals surface area contributed by atoms with Crippen LogP contribution < -0.4 is 5.32 Å². The number of carbonyl (C=O) groups excluding carboxylic acids is 1. The maximum Gasteiger partial charge on any atom is 0.219 e. The van der Waals surface area contributed by atoms with Gasteiger partial charge >= 0.3 is 0 Å². The molecule has 0 aliphatic carbocycles. The summed E-state index contributed by atoms with van der Waals surface area (Å²) in [6, 6.07) is 0. The molecule has 1 atom stereocenters. The van der Waals surface area contributed by atoms with E-state index in [4.69, 9.17) is 0 Å². The van der Waals surface area contributed by atoms with E-state index in [1.165, 1.54) is 38.5 Å². The van der Waals surface area contributed by atoms with Gasteiger partial charge in [-0.2, -0.15) is 0 Å². The molecule has 0 aromatic heterocycles. The number of carbonyl (C=O) groups is 1. The number of halogens is 1. The maximum absolute atomic E-state index is 11.4. The smallest absolute Gasteiger partial charge is 0.219 e. The summed E-state index contributed by atoms with van der Waals surface area (Å²) in [5.74, 6) is 0.215. The molecule has 1 amide bonds. The van der Waals surface area contributed by atoms with Gasteiger partial charge in [0.2, 0.25) is 5.91 Å². The normalized spacial score (nSPS) is 12.4. The van der Waals surface area contributed by atoms with Gasteiger partial charge in [-0.05, 0) is 12.8 Å². The van der Waals surface area contributed by atoms with Crippen molar-refractivity contribution in [1.29, 1.82) is 0 Å². The standard InChI is InChI=1S/C14H28BrNO/c1-3-4-5-6-7-8-9-10-14(17)16-12-11-13(2)15/h13H,3-12H2,1-2H3,(H,16,17). The molecule has 0 saturated carbocycles. The molecule has 102 valence electrons. The lowest BCUT2D eigenvalue weighted by Crippen LogP contribution is -2.25. The number of alkyl halides is 1. The number of rotatable bonds is 11. The maximum atomic E-state index is 11.4. The van der Waals surface area contributed by atoms with Crippen LogP contribution in [0.15, 0.2) is 0 Å². The fraction of sp³-hybridized carbons (Fsp3) is 0.929. The predicted octanol–water partition coefficient (Wildman–Crippen LogP) is 4.42. The summed E-state index contributed by atoms with van der Waals surface area (Å²) in [5.41, 5.74) is 0. The van der Waals surface area contributed by atoms with Crippen LogP contribution in [0.25, 0.3) is 0 Å². The number of amides is 1. The van der Waals surface area contributed by atoms with Crippen molar-refractivity contribution in [1.82, 2.24) is 5.32 Å². The number of hydrogen-bond donors (Lipinski definition) is 1. The van der Waals surface area contributed by atoms with Gasteiger partial charge in [-0.3, -0.25) is 4.79 Å². The average Bonchev–Trinajstić information content (AvgIpc) is 2.27. The monoisotopic (exact) mass is 305 g/mol. The Morgan fingerprint density at radius 2 is 1.71 bits per heavy atom. The minimum Gasteiger partial charge on any atom is -0.356 e. The molecule has 1 unspecified atom stereocenters. The van der Waals surface area contributed by atoms with Crippen LogP contribution in [0.2, 0.25) is 0 Å². The van der Waals surface area contributed by atoms with Gasteiger partial charge in [0.1, 0.15) is 0 Å². The van der Waals surface area contributed by atoms with Crippen molar-refractivity contribution >= 4 is 21.8 Å². The predicted molar refractivity (Wildman–Crippen MR) is 78.6 cm³/mol. The molecule has 1 N–H and O–H groups in total. The number of hydrogen-bond acceptors (Lipinski definition) is 1. The van der Waals surface area contributed by atoms with Gasteiger partial charge in [0.25, 0.3) is 0 Å². The summed E-state index contributed by atoms with van der Waals surface area (Å²) in [6.45, 7) is 5.13. The third-order valence-electron chi connectivity index (χ3n) is 2.87. The van der Waals surface area contributed by atoms with Crippen LogP contribution in [0.5, 0.6) is 0 Å². The second-order valence-corrected chi connectivity index (χ2v) is 6.35. The van der Waals surface area contributed by atoms with Gasteiger partial charge in [0, 0.05) is 17.8 Å². The van der Waals surface area contributed by atoms with E-state index in [1.807, 2.05) is 0 Å². The molecule has 0 spiro atoms. The van der Waals surface area contributed by atoms with E-state index < -0.39 is 0 Å². The molecule has 17 heavy (non-hydrogen) atoms. The molecule has 0 aliphatic heterocycles. The Morgan fingerprint density at radius 1 is 1.12 bits per heavy atom. The van der Waals surface area contributed by atoms with E-state index in [9.17, 15) is 4.79 Å². The van der Waals surface area contributed by atoms with E-state index in [-0.39, 0.29) is 5.91 Å². The third-order valence-corrected chi connectivity index (χ3v) is 3.33. The molecule has 3 heteroatoms. The van der Waals surface area contributed by atoms with Crippen LogP contribution in [0.4, 0.5) is 0 Å². The zero-order chi connectivity index (χ0) is 12.9. The molecule has 0 saturated heterocycles. The Kier molecular flexibility index (Phi) is 12.4. The Labute approximate surface area is 115 Å². The largest absolute Gasteiger partial charge is 0.356 e. The van der Waals surface area contributed by atoms with Crippen molar-refractivity contribution in [2.24, 2.45) is 0 Å². The lowest BCUT2D eigenvalue weighted by Gasteiger charge is -2.06. The summed E-state index contributed by atoms with van der Waals surface area (Å²) in [4.78, 5) is 11.9. The Bertz CT molecular complexity index is 183. The first-order valence-electron chi connectivity index (χ1n) is 7.07. The number of nitrogens with one attached hydrogen (secondary N) is 1. The van der Waals surface area contributed by atoms with Crippen molar-refractivity contribution in [3.8, 4) is 0 Å². The Balaban J connectivity index is 3.16. The van der Waals surface area contributed by atoms with Crippen LogP contribution >= 0.6 is 15.9 Å². The fourth-order valence-corrected chi connectivity index (χ4v) is 1.97. The van der Waals surface area contributed by atoms with E-state index in [1.54, 1.807) is 0 Å². The first-order chi connectivity index (χ1) is 8.16. The Morgan fingerprint density at radius 3 is 2.29 bits per heavy atom. The van der Waals surface area contributed by atoms with E-state index in [2.05, 4.69) is 35.1 Å². The molecule has 0 aliphatic rings. The van der Waals surface area contributed by atoms with Crippen molar-refractivity contribution in [2.75, 3.05) is 6.54 Å². The van der Waals surface area contributed by atoms with Crippen molar-refractivity contribution in [3.05, 3.63) is 0 Å². The molecule has 0 radical (unpaired) electrons. The molecule has 0 rings (SSSR count). The van der Waals surface area contributed by atoms with Gasteiger partial charge in [0.15, 0.2) is 0 Å². The van der Waals surface area contributed by atoms with Crippen LogP contribution in [0, 0.1) is 0 Å². The number of unbranched alkanes of at least 4 members (excludes halogenated alkanes) is 6. The second-order valence-electron chi connectivity index (χ2n) is 4.79. The van der Waals surface area contributed by atoms with Crippen molar-refractivity contribution in [3.63, 3.8) is 0 Å². The minimum atomic E-state index is 0.215. The topological polar surface area (TPSA) is 29.1 Å². The summed E-state index contributed by atoms with van der Waals surface area (Å²) >= 11 is 3.47. The molecule has 0 heterocycles. The highest BCUT2D eigenvalue weighted by atomic mass is 79.9. The summed E-state index contributed by atoms with van der Waals surface area (Å²) < 4.78 is 0. The van der Waals surface area contributed by atoms with Gasteiger partial charge in [-0.1, -0.05) is 68.3 Å². The van der Waals surface area contributed by atoms with Crippen molar-refractivity contribution in [2.45, 2.75) is 76.5 Å². The summed E-state index contributed by atoms with van der Waals surface area (Å²) in [6.07, 6.45) is 10.6. The van der Waals surface area contributed by atoms with Crippen LogP contribution in [-0.2, 0) is 4.79 Å². The SMILES string of the molecule is CCCCCCCCCC(=O)NCCC(C)Br. The van der Waals surface area contributed by atoms with Gasteiger partial charge < -0.3 is 5.32 Å². The molecule has 0 fully saturated rings. The highest BCUT2D eigenvalue weighted by Gasteiger charge is 2.01. The Hall–Kier alpha value is -0.0500. The summed E-state index contributed by atoms with van der Waals surface area (Å²) in [7, 11) is 0. The van der Waals surface area contributed by atoms with Crippen LogP contribution in [0.3, 0.4) is 0 Å². The first kappa shape index (κ1) is 16.9. The van der Waals surface area contributed by atoms with E-state index in [0.717, 1.165) is 19.4 Å². The molecule has 2 nitrogen and oxygen atoms in total. The summed E-state index contributed by atoms with van der Waals surface area (Å²) in [5, 5.41) is 2.96. The van der Waals surface area contributed by atoms with E-state index >= 15 is 0 Å². The van der Waals surface area contributed by atoms with Gasteiger partial charge in [-0.15, -0.1) is 0 Å². The highest BCUT2D eigenvalue weighted by molar-refractivity contribution is 9.09. The quantitative estimate of drug-likeness (QED) is 0.444. The third kappa shape index (κ3) is 13.9. The first-order valence-corrected chi connectivity index (χ1v) is 7.99. The molecular weight excluding hydrogens is 278 g/mol. The van der Waals surface area contributed by atoms with Gasteiger partial charge in [0.05, 0.1) is 0 Å². The second kappa shape index (κ2) is 12.4. The lowest BCUT2D eigenvalue weighted by atomic mass is 10.1. The highest BCUT2D eigenvalue weighted by Crippen LogP contribution is 2.08. The van der Waals surface area contributed by atoms with Crippen molar-refractivity contribution < 1.29 is 4.79 Å². The van der Waals surface area contributed by atoms with Crippen LogP contribution in [-0.4, -0.2) is 17.3 Å². The molecular formula is C14H28BrNO. The minimum absolute atomic E-state index is 0.215. The molecule has 0 aromatic rings.